The zero-order chi connectivity index (χ0) is 30.4. The van der Waals surface area contributed by atoms with E-state index in [9.17, 15) is 15.0 Å². The van der Waals surface area contributed by atoms with Gasteiger partial charge in [-0.15, -0.1) is 0 Å². The van der Waals surface area contributed by atoms with Crippen molar-refractivity contribution in [2.75, 3.05) is 25.1 Å². The summed E-state index contributed by atoms with van der Waals surface area (Å²) in [7, 11) is 1.61. The third-order valence-corrected chi connectivity index (χ3v) is 6.85. The number of phenolic OH excluding ortho intramolecular Hbond substituents is 2. The van der Waals surface area contributed by atoms with Crippen molar-refractivity contribution in [2.24, 2.45) is 4.99 Å². The van der Waals surface area contributed by atoms with Crippen molar-refractivity contribution in [3.05, 3.63) is 94.5 Å². The summed E-state index contributed by atoms with van der Waals surface area (Å²) in [6.07, 6.45) is 0.733. The quantitative estimate of drug-likeness (QED) is 0.112. The summed E-state index contributed by atoms with van der Waals surface area (Å²) >= 11 is 5.99. The Kier molecular flexibility index (Phi) is 9.44. The number of rotatable bonds is 5. The van der Waals surface area contributed by atoms with E-state index in [1.165, 1.54) is 19.1 Å². The van der Waals surface area contributed by atoms with Crippen LogP contribution in [0.15, 0.2) is 77.8 Å². The number of anilines is 1. The van der Waals surface area contributed by atoms with Gasteiger partial charge in [0.15, 0.2) is 11.5 Å². The van der Waals surface area contributed by atoms with Crippen LogP contribution in [0.1, 0.15) is 30.5 Å². The molecular formula is C32H32ClN5O4. The monoisotopic (exact) mass is 585 g/mol. The summed E-state index contributed by atoms with van der Waals surface area (Å²) in [5.74, 6) is 0.955. The normalized spacial score (nSPS) is 12.4. The summed E-state index contributed by atoms with van der Waals surface area (Å²) in [5.41, 5.74) is 4.31. The van der Waals surface area contributed by atoms with Crippen molar-refractivity contribution in [1.82, 2.24) is 5.32 Å². The van der Waals surface area contributed by atoms with Crippen LogP contribution in [0.4, 0.5) is 5.69 Å². The minimum absolute atomic E-state index is 0.0432. The first-order valence-corrected chi connectivity index (χ1v) is 13.6. The number of nitrogens with one attached hydrogen (secondary N) is 3. The van der Waals surface area contributed by atoms with Crippen LogP contribution >= 0.6 is 11.6 Å². The number of benzene rings is 4. The van der Waals surface area contributed by atoms with Gasteiger partial charge in [-0.05, 0) is 72.1 Å². The van der Waals surface area contributed by atoms with Crippen LogP contribution in [0.5, 0.6) is 17.2 Å². The molecule has 0 bridgehead atoms. The van der Waals surface area contributed by atoms with Crippen molar-refractivity contribution in [1.29, 1.82) is 10.8 Å². The second-order valence-corrected chi connectivity index (χ2v) is 10.1. The first kappa shape index (κ1) is 30.1. The number of amidine groups is 2. The van der Waals surface area contributed by atoms with Crippen LogP contribution in [-0.2, 0) is 11.2 Å². The summed E-state index contributed by atoms with van der Waals surface area (Å²) in [6.45, 7) is 3.94. The number of amides is 1. The number of fused-ring (bicyclic) bond motifs is 2. The molecule has 4 aromatic carbocycles. The lowest BCUT2D eigenvalue weighted by molar-refractivity contribution is -0.118. The molecule has 4 aromatic rings. The molecule has 1 heterocycles. The third kappa shape index (κ3) is 7.05. The number of ether oxygens (including phenoxy) is 1. The maximum atomic E-state index is 10.8. The van der Waals surface area contributed by atoms with E-state index >= 15 is 0 Å². The minimum Gasteiger partial charge on any atom is -0.504 e. The number of aromatic hydroxyl groups is 2. The van der Waals surface area contributed by atoms with Gasteiger partial charge in [0, 0.05) is 29.6 Å². The number of aliphatic imine (C=N–C) groups is 1. The minimum atomic E-state index is -0.124. The van der Waals surface area contributed by atoms with Crippen LogP contribution in [0.3, 0.4) is 0 Å². The molecule has 216 valence electrons. The fraction of sp³-hybridized carbons (Fsp3) is 0.188. The topological polar surface area (TPSA) is 142 Å². The predicted molar refractivity (Wildman–Crippen MR) is 168 cm³/mol. The van der Waals surface area contributed by atoms with E-state index in [1.54, 1.807) is 18.9 Å². The number of hydrogen-bond acceptors (Lipinski definition) is 7. The highest BCUT2D eigenvalue weighted by molar-refractivity contribution is 6.31. The van der Waals surface area contributed by atoms with Gasteiger partial charge in [0.05, 0.1) is 25.1 Å². The van der Waals surface area contributed by atoms with Gasteiger partial charge in [-0.2, -0.15) is 0 Å². The smallest absolute Gasteiger partial charge is 0.216 e. The SMILES string of the molecule is CC(=O)NCCc1ccc2cc(O)c(O)cc2c1.COc1ccc2c(c1)C(c1ccc(Cl)cc1)=NCC(=N)N2C(C)=N. The molecule has 0 atom stereocenters. The molecule has 5 N–H and O–H groups in total. The lowest BCUT2D eigenvalue weighted by Crippen LogP contribution is -2.35. The van der Waals surface area contributed by atoms with Crippen molar-refractivity contribution in [3.8, 4) is 17.2 Å². The highest BCUT2D eigenvalue weighted by Gasteiger charge is 2.25. The maximum absolute atomic E-state index is 10.8. The largest absolute Gasteiger partial charge is 0.504 e. The number of benzodiazepines with no additional fused rings is 1. The van der Waals surface area contributed by atoms with E-state index in [0.29, 0.717) is 17.3 Å². The molecule has 0 saturated carbocycles. The third-order valence-electron chi connectivity index (χ3n) is 6.60. The van der Waals surface area contributed by atoms with Crippen LogP contribution < -0.4 is 15.0 Å². The molecular weight excluding hydrogens is 554 g/mol. The van der Waals surface area contributed by atoms with Gasteiger partial charge in [0.25, 0.3) is 0 Å². The molecule has 0 aliphatic carbocycles. The van der Waals surface area contributed by atoms with Gasteiger partial charge in [-0.25, -0.2) is 0 Å². The summed E-state index contributed by atoms with van der Waals surface area (Å²) < 4.78 is 5.34. The van der Waals surface area contributed by atoms with E-state index in [-0.39, 0.29) is 35.6 Å². The molecule has 5 rings (SSSR count). The number of carbonyl (C=O) groups is 1. The molecule has 0 radical (unpaired) electrons. The zero-order valence-corrected chi connectivity index (χ0v) is 24.3. The molecule has 9 nitrogen and oxygen atoms in total. The fourth-order valence-electron chi connectivity index (χ4n) is 4.58. The molecule has 0 saturated heterocycles. The molecule has 1 aliphatic rings. The molecule has 0 fully saturated rings. The summed E-state index contributed by atoms with van der Waals surface area (Å²) in [5, 5.41) is 40.3. The fourth-order valence-corrected chi connectivity index (χ4v) is 4.71. The van der Waals surface area contributed by atoms with Gasteiger partial charge in [-0.1, -0.05) is 41.9 Å². The molecule has 0 aromatic heterocycles. The average Bonchev–Trinajstić information content (AvgIpc) is 3.10. The Balaban J connectivity index is 0.000000201. The van der Waals surface area contributed by atoms with Crippen molar-refractivity contribution < 1.29 is 19.7 Å². The van der Waals surface area contributed by atoms with Crippen molar-refractivity contribution in [2.45, 2.75) is 20.3 Å². The van der Waals surface area contributed by atoms with Crippen LogP contribution in [0.25, 0.3) is 10.8 Å². The Hall–Kier alpha value is -4.89. The Morgan fingerprint density at radius 1 is 1.00 bits per heavy atom. The Labute approximate surface area is 249 Å². The van der Waals surface area contributed by atoms with Gasteiger partial charge < -0.3 is 20.3 Å². The average molecular weight is 586 g/mol. The number of nitrogens with zero attached hydrogens (tertiary/aromatic N) is 2. The molecule has 1 amide bonds. The second kappa shape index (κ2) is 13.2. The molecule has 42 heavy (non-hydrogen) atoms. The second-order valence-electron chi connectivity index (χ2n) is 9.68. The van der Waals surface area contributed by atoms with E-state index in [1.807, 2.05) is 60.7 Å². The maximum Gasteiger partial charge on any atom is 0.216 e. The van der Waals surface area contributed by atoms with Crippen molar-refractivity contribution >= 4 is 51.4 Å². The summed E-state index contributed by atoms with van der Waals surface area (Å²) in [4.78, 5) is 17.0. The Morgan fingerprint density at radius 2 is 1.69 bits per heavy atom. The lowest BCUT2D eigenvalue weighted by atomic mass is 9.99. The van der Waals surface area contributed by atoms with E-state index in [2.05, 4.69) is 10.3 Å². The highest BCUT2D eigenvalue weighted by atomic mass is 35.5. The predicted octanol–water partition coefficient (Wildman–Crippen LogP) is 5.91. The number of hydrogen-bond donors (Lipinski definition) is 5. The zero-order valence-electron chi connectivity index (χ0n) is 23.5. The van der Waals surface area contributed by atoms with E-state index in [0.717, 1.165) is 45.3 Å². The van der Waals surface area contributed by atoms with Gasteiger partial charge in [-0.3, -0.25) is 25.5 Å². The first-order chi connectivity index (χ1) is 20.1. The number of halogens is 1. The number of carbonyl (C=O) groups excluding carboxylic acids is 1. The highest BCUT2D eigenvalue weighted by Crippen LogP contribution is 2.32. The number of methoxy groups -OCH3 is 1. The van der Waals surface area contributed by atoms with Crippen molar-refractivity contribution in [3.63, 3.8) is 0 Å². The van der Waals surface area contributed by atoms with E-state index < -0.39 is 0 Å². The summed E-state index contributed by atoms with van der Waals surface area (Å²) in [6, 6.07) is 21.8. The van der Waals surface area contributed by atoms with E-state index in [4.69, 9.17) is 27.2 Å². The molecule has 10 heteroatoms. The van der Waals surface area contributed by atoms with Gasteiger partial charge >= 0.3 is 0 Å². The van der Waals surface area contributed by atoms with Crippen LogP contribution in [0, 0.1) is 10.8 Å². The first-order valence-electron chi connectivity index (χ1n) is 13.2. The Bertz CT molecular complexity index is 1680. The Morgan fingerprint density at radius 3 is 2.33 bits per heavy atom. The van der Waals surface area contributed by atoms with Gasteiger partial charge in [0.1, 0.15) is 17.4 Å². The number of phenols is 2. The lowest BCUT2D eigenvalue weighted by Gasteiger charge is -2.24. The molecule has 1 aliphatic heterocycles. The standard InChI is InChI=1S/C18H17ClN4O.C14H15NO3/c1-11(20)23-16-8-7-14(24-2)9-15(16)18(22-10-17(23)21)12-3-5-13(19)6-4-12;1-9(16)15-5-4-10-2-3-11-7-13(17)14(18)8-12(11)6-10/h3-9,20-21H,10H2,1-2H3;2-3,6-8,17-18H,4-5H2,1H3,(H,15,16). The van der Waals surface area contributed by atoms with Crippen LogP contribution in [0.2, 0.25) is 5.02 Å². The van der Waals surface area contributed by atoms with Crippen LogP contribution in [-0.4, -0.2) is 53.7 Å². The molecule has 0 unspecified atom stereocenters. The van der Waals surface area contributed by atoms with Gasteiger partial charge in [0.2, 0.25) is 5.91 Å². The molecule has 0 spiro atoms.